The first-order valence-electron chi connectivity index (χ1n) is 14.1. The second-order valence-corrected chi connectivity index (χ2v) is 11.0. The molecule has 11 heteroatoms. The molecule has 5 rings (SSSR count). The Hall–Kier alpha value is -3.31. The molecular weight excluding hydrogens is 516 g/mol. The Morgan fingerprint density at radius 2 is 1.90 bits per heavy atom. The molecule has 3 N–H and O–H groups in total. The lowest BCUT2D eigenvalue weighted by molar-refractivity contribution is 0.0985. The summed E-state index contributed by atoms with van der Waals surface area (Å²) in [5, 5.41) is 16.3. The number of hydrogen-bond donors (Lipinski definition) is 3. The number of ether oxygens (including phenoxy) is 1. The molecule has 1 saturated carbocycles. The van der Waals surface area contributed by atoms with Crippen LogP contribution < -0.4 is 15.5 Å². The number of anilines is 2. The number of morpholine rings is 1. The number of halogens is 2. The monoisotopic (exact) mass is 555 g/mol. The zero-order valence-corrected chi connectivity index (χ0v) is 23.4. The lowest BCUT2D eigenvalue weighted by Gasteiger charge is -2.34. The minimum Gasteiger partial charge on any atom is -0.516 e. The van der Waals surface area contributed by atoms with Crippen LogP contribution in [0.15, 0.2) is 42.2 Å². The highest BCUT2D eigenvalue weighted by molar-refractivity contribution is 5.78. The minimum atomic E-state index is -2.76. The van der Waals surface area contributed by atoms with Crippen molar-refractivity contribution < 1.29 is 18.6 Å². The van der Waals surface area contributed by atoms with E-state index in [1.165, 1.54) is 10.8 Å². The van der Waals surface area contributed by atoms with Gasteiger partial charge in [-0.2, -0.15) is 9.97 Å². The van der Waals surface area contributed by atoms with Crippen LogP contribution in [0.5, 0.6) is 0 Å². The highest BCUT2D eigenvalue weighted by atomic mass is 19.3. The Morgan fingerprint density at radius 1 is 1.15 bits per heavy atom. The quantitative estimate of drug-likeness (QED) is 0.302. The van der Waals surface area contributed by atoms with E-state index in [9.17, 15) is 13.9 Å². The number of imidazole rings is 1. The molecule has 1 unspecified atom stereocenters. The Morgan fingerprint density at radius 3 is 2.62 bits per heavy atom. The van der Waals surface area contributed by atoms with Crippen molar-refractivity contribution >= 4 is 22.8 Å². The van der Waals surface area contributed by atoms with E-state index in [2.05, 4.69) is 34.4 Å². The van der Waals surface area contributed by atoms with E-state index in [-0.39, 0.29) is 17.9 Å². The molecule has 216 valence electrons. The summed E-state index contributed by atoms with van der Waals surface area (Å²) >= 11 is 0. The SMILES string of the molecule is C/C(=C\O)C(C)NC1CCC(CNc2nc(N3CCOC[C@H]3C)cc(-n3c(C(F)F)nc4ccccc43)n2)CC1. The van der Waals surface area contributed by atoms with E-state index in [0.29, 0.717) is 66.9 Å². The van der Waals surface area contributed by atoms with Crippen LogP contribution >= 0.6 is 0 Å². The number of nitrogens with zero attached hydrogens (tertiary/aromatic N) is 5. The van der Waals surface area contributed by atoms with Gasteiger partial charge in [0.05, 0.1) is 36.6 Å². The number of aliphatic hydroxyl groups is 1. The lowest BCUT2D eigenvalue weighted by atomic mass is 9.85. The van der Waals surface area contributed by atoms with Gasteiger partial charge in [0.1, 0.15) is 11.6 Å². The highest BCUT2D eigenvalue weighted by Gasteiger charge is 2.26. The summed E-state index contributed by atoms with van der Waals surface area (Å²) in [6.45, 7) is 8.56. The van der Waals surface area contributed by atoms with Crippen molar-refractivity contribution in [3.05, 3.63) is 48.0 Å². The van der Waals surface area contributed by atoms with E-state index < -0.39 is 6.43 Å². The van der Waals surface area contributed by atoms with Crippen molar-refractivity contribution in [2.45, 2.75) is 71.0 Å². The molecule has 2 aliphatic rings. The average molecular weight is 556 g/mol. The van der Waals surface area contributed by atoms with Gasteiger partial charge in [-0.1, -0.05) is 12.1 Å². The van der Waals surface area contributed by atoms with E-state index in [1.807, 2.05) is 13.0 Å². The van der Waals surface area contributed by atoms with Gasteiger partial charge in [-0.3, -0.25) is 4.57 Å². The number of fused-ring (bicyclic) bond motifs is 1. The van der Waals surface area contributed by atoms with E-state index >= 15 is 0 Å². The van der Waals surface area contributed by atoms with Crippen molar-refractivity contribution in [2.24, 2.45) is 5.92 Å². The molecule has 0 amide bonds. The molecule has 2 fully saturated rings. The third-order valence-electron chi connectivity index (χ3n) is 8.14. The highest BCUT2D eigenvalue weighted by Crippen LogP contribution is 2.30. The number of rotatable bonds is 9. The molecule has 40 heavy (non-hydrogen) atoms. The Balaban J connectivity index is 1.38. The molecule has 1 aliphatic heterocycles. The predicted molar refractivity (Wildman–Crippen MR) is 152 cm³/mol. The lowest BCUT2D eigenvalue weighted by Crippen LogP contribution is -2.44. The zero-order valence-electron chi connectivity index (χ0n) is 23.4. The fourth-order valence-electron chi connectivity index (χ4n) is 5.63. The largest absolute Gasteiger partial charge is 0.516 e. The molecule has 1 aromatic carbocycles. The number of para-hydroxylation sites is 2. The van der Waals surface area contributed by atoms with Gasteiger partial charge in [-0.15, -0.1) is 0 Å². The summed E-state index contributed by atoms with van der Waals surface area (Å²) < 4.78 is 35.4. The first-order chi connectivity index (χ1) is 19.3. The van der Waals surface area contributed by atoms with Gasteiger partial charge in [0.15, 0.2) is 5.82 Å². The van der Waals surface area contributed by atoms with Crippen LogP contribution in [-0.4, -0.2) is 69.1 Å². The molecule has 3 heterocycles. The molecule has 2 atom stereocenters. The topological polar surface area (TPSA) is 100 Å². The van der Waals surface area contributed by atoms with Gasteiger partial charge in [-0.05, 0) is 70.1 Å². The van der Waals surface area contributed by atoms with Crippen LogP contribution in [0, 0.1) is 5.92 Å². The van der Waals surface area contributed by atoms with Crippen LogP contribution in [0.3, 0.4) is 0 Å². The van der Waals surface area contributed by atoms with Crippen molar-refractivity contribution in [1.82, 2.24) is 24.8 Å². The molecule has 0 bridgehead atoms. The molecular formula is C29H39F2N7O2. The third kappa shape index (κ3) is 6.20. The van der Waals surface area contributed by atoms with Crippen molar-refractivity contribution in [3.8, 4) is 5.82 Å². The van der Waals surface area contributed by atoms with E-state index in [1.54, 1.807) is 24.3 Å². The zero-order chi connectivity index (χ0) is 28.2. The van der Waals surface area contributed by atoms with Crippen molar-refractivity contribution in [3.63, 3.8) is 0 Å². The molecule has 0 spiro atoms. The molecule has 2 aromatic heterocycles. The Labute approximate surface area is 233 Å². The van der Waals surface area contributed by atoms with Gasteiger partial charge in [0.2, 0.25) is 5.95 Å². The number of nitrogens with one attached hydrogen (secondary N) is 2. The Bertz CT molecular complexity index is 1320. The number of aromatic nitrogens is 4. The fraction of sp³-hybridized carbons (Fsp3) is 0.552. The van der Waals surface area contributed by atoms with Crippen molar-refractivity contribution in [2.75, 3.05) is 36.5 Å². The first kappa shape index (κ1) is 28.2. The Kier molecular flexibility index (Phi) is 8.80. The fourth-order valence-corrected chi connectivity index (χ4v) is 5.63. The third-order valence-corrected chi connectivity index (χ3v) is 8.14. The number of aliphatic hydroxyl groups excluding tert-OH is 1. The maximum absolute atomic E-state index is 14.1. The second-order valence-electron chi connectivity index (χ2n) is 11.0. The number of alkyl halides is 2. The van der Waals surface area contributed by atoms with E-state index in [0.717, 1.165) is 31.3 Å². The van der Waals surface area contributed by atoms with Gasteiger partial charge in [-0.25, -0.2) is 13.8 Å². The standard InChI is InChI=1S/C29H39F2N7O2/c1-18(16-39)20(3)33-22-10-8-21(9-11-22)15-32-29-35-25(37-12-13-40-17-19(37)2)14-26(36-29)38-24-7-5-4-6-23(24)34-28(38)27(30)31/h4-7,14,16,19-22,27,33,39H,8-13,15,17H2,1-3H3,(H,32,35,36)/b18-16+/t19-,20?,21?,22?/m1/s1. The molecule has 0 radical (unpaired) electrons. The normalized spacial score (nSPS) is 23.1. The van der Waals surface area contributed by atoms with E-state index in [4.69, 9.17) is 14.7 Å². The van der Waals surface area contributed by atoms with Gasteiger partial charge < -0.3 is 25.4 Å². The smallest absolute Gasteiger partial charge is 0.296 e. The van der Waals surface area contributed by atoms with Gasteiger partial charge in [0, 0.05) is 31.2 Å². The summed E-state index contributed by atoms with van der Waals surface area (Å²) in [6, 6.07) is 9.53. The minimum absolute atomic E-state index is 0.0907. The van der Waals surface area contributed by atoms with Crippen LogP contribution in [0.2, 0.25) is 0 Å². The summed E-state index contributed by atoms with van der Waals surface area (Å²) in [5.74, 6) is 1.58. The maximum atomic E-state index is 14.1. The van der Waals surface area contributed by atoms with Gasteiger partial charge >= 0.3 is 0 Å². The first-order valence-corrected chi connectivity index (χ1v) is 14.1. The van der Waals surface area contributed by atoms with Crippen LogP contribution in [0.4, 0.5) is 20.5 Å². The summed E-state index contributed by atoms with van der Waals surface area (Å²) in [7, 11) is 0. The van der Waals surface area contributed by atoms with Gasteiger partial charge in [0.25, 0.3) is 6.43 Å². The van der Waals surface area contributed by atoms with Crippen LogP contribution in [-0.2, 0) is 4.74 Å². The van der Waals surface area contributed by atoms with Crippen LogP contribution in [0.1, 0.15) is 58.7 Å². The number of benzene rings is 1. The van der Waals surface area contributed by atoms with Crippen molar-refractivity contribution in [1.29, 1.82) is 0 Å². The maximum Gasteiger partial charge on any atom is 0.296 e. The average Bonchev–Trinajstić information content (AvgIpc) is 3.37. The molecule has 1 aliphatic carbocycles. The second kappa shape index (κ2) is 12.5. The molecule has 1 saturated heterocycles. The summed E-state index contributed by atoms with van der Waals surface area (Å²) in [6.07, 6.45) is 2.61. The number of hydrogen-bond acceptors (Lipinski definition) is 8. The summed E-state index contributed by atoms with van der Waals surface area (Å²) in [4.78, 5) is 15.9. The predicted octanol–water partition coefficient (Wildman–Crippen LogP) is 5.39. The van der Waals surface area contributed by atoms with Crippen LogP contribution in [0.25, 0.3) is 16.9 Å². The molecule has 3 aromatic rings. The molecule has 9 nitrogen and oxygen atoms in total. The summed E-state index contributed by atoms with van der Waals surface area (Å²) in [5.41, 5.74) is 2.00.